The summed E-state index contributed by atoms with van der Waals surface area (Å²) in [5.74, 6) is 0.822. The van der Waals surface area contributed by atoms with Gasteiger partial charge in [0.2, 0.25) is 0 Å². The molecule has 0 heterocycles. The number of hydrogen-bond acceptors (Lipinski definition) is 0. The minimum atomic E-state index is 0.361. The summed E-state index contributed by atoms with van der Waals surface area (Å²) in [7, 11) is 1.17. The highest BCUT2D eigenvalue weighted by atomic mass is 127. The Kier molecular flexibility index (Phi) is 11.4. The fourth-order valence-corrected chi connectivity index (χ4v) is 2.59. The lowest BCUT2D eigenvalue weighted by Gasteiger charge is -2.23. The first-order valence-corrected chi connectivity index (χ1v) is 9.42. The molecule has 0 aliphatic rings. The lowest BCUT2D eigenvalue weighted by molar-refractivity contribution is 0.564. The zero-order valence-corrected chi connectivity index (χ0v) is 16.2. The smallest absolute Gasteiger partial charge is 0.0443 e. The van der Waals surface area contributed by atoms with Crippen molar-refractivity contribution in [2.24, 2.45) is 0 Å². The topological polar surface area (TPSA) is 0 Å². The molecular formula is C12H25Cl2ISi. The molecule has 0 radical (unpaired) electrons. The largest absolute Gasteiger partial charge is 0.127 e. The summed E-state index contributed by atoms with van der Waals surface area (Å²) < 4.78 is 0.361. The maximum atomic E-state index is 6.35. The first-order chi connectivity index (χ1) is 7.48. The zero-order chi connectivity index (χ0) is 12.4. The Morgan fingerprint density at radius 2 is 1.50 bits per heavy atom. The highest BCUT2D eigenvalue weighted by Gasteiger charge is 2.23. The lowest BCUT2D eigenvalue weighted by Crippen LogP contribution is -2.28. The second-order valence-corrected chi connectivity index (χ2v) is 12.8. The molecule has 0 spiro atoms. The molecule has 0 fully saturated rings. The van der Waals surface area contributed by atoms with Crippen LogP contribution in [0.15, 0.2) is 0 Å². The number of halogens is 3. The van der Waals surface area contributed by atoms with E-state index in [4.69, 9.17) is 23.2 Å². The Balaban J connectivity index is 3.21. The summed E-state index contributed by atoms with van der Waals surface area (Å²) in [6.45, 7) is 2.27. The van der Waals surface area contributed by atoms with Gasteiger partial charge in [0.15, 0.2) is 0 Å². The first kappa shape index (κ1) is 17.5. The van der Waals surface area contributed by atoms with Gasteiger partial charge in [-0.1, -0.05) is 68.0 Å². The maximum absolute atomic E-state index is 6.35. The van der Waals surface area contributed by atoms with E-state index in [0.29, 0.717) is 8.42 Å². The molecule has 2 unspecified atom stereocenters. The summed E-state index contributed by atoms with van der Waals surface area (Å²) in [5.41, 5.74) is 0. The van der Waals surface area contributed by atoms with E-state index in [-0.39, 0.29) is 0 Å². The van der Waals surface area contributed by atoms with E-state index in [9.17, 15) is 0 Å². The average Bonchev–Trinajstić information content (AvgIpc) is 2.20. The fraction of sp³-hybridized carbons (Fsp3) is 1.00. The molecule has 16 heavy (non-hydrogen) atoms. The molecule has 0 nitrogen and oxygen atoms in total. The summed E-state index contributed by atoms with van der Waals surface area (Å²) in [5, 5.41) is 0.371. The fourth-order valence-electron chi connectivity index (χ4n) is 1.65. The molecule has 4 heteroatoms. The molecule has 0 N–H and O–H groups in total. The summed E-state index contributed by atoms with van der Waals surface area (Å²) in [6.07, 6.45) is 10.4. The molecule has 2 atom stereocenters. The van der Waals surface area contributed by atoms with E-state index < -0.39 is 0 Å². The monoisotopic (exact) mass is 394 g/mol. The van der Waals surface area contributed by atoms with Gasteiger partial charge in [0.1, 0.15) is 0 Å². The van der Waals surface area contributed by atoms with Crippen LogP contribution in [-0.4, -0.2) is 24.5 Å². The van der Waals surface area contributed by atoms with Gasteiger partial charge in [0.05, 0.1) is 0 Å². The maximum Gasteiger partial charge on any atom is 0.0443 e. The Hall–Kier alpha value is 1.53. The van der Waals surface area contributed by atoms with Crippen molar-refractivity contribution in [1.29, 1.82) is 0 Å². The Morgan fingerprint density at radius 3 is 1.94 bits per heavy atom. The van der Waals surface area contributed by atoms with Crippen LogP contribution in [0.3, 0.4) is 0 Å². The molecule has 0 aromatic carbocycles. The van der Waals surface area contributed by atoms with E-state index >= 15 is 0 Å². The normalized spacial score (nSPS) is 17.2. The van der Waals surface area contributed by atoms with Gasteiger partial charge in [-0.05, 0) is 12.8 Å². The van der Waals surface area contributed by atoms with Crippen molar-refractivity contribution in [1.82, 2.24) is 0 Å². The van der Waals surface area contributed by atoms with Crippen molar-refractivity contribution in [3.8, 4) is 0 Å². The number of rotatable bonds is 10. The van der Waals surface area contributed by atoms with Crippen molar-refractivity contribution in [2.45, 2.75) is 66.7 Å². The molecular weight excluding hydrogens is 370 g/mol. The van der Waals surface area contributed by atoms with E-state index in [0.717, 1.165) is 5.88 Å². The van der Waals surface area contributed by atoms with Crippen LogP contribution >= 0.6 is 45.8 Å². The van der Waals surface area contributed by atoms with Gasteiger partial charge in [-0.15, -0.1) is 23.2 Å². The molecule has 0 saturated carbocycles. The summed E-state index contributed by atoms with van der Waals surface area (Å²) in [4.78, 5) is 0. The van der Waals surface area contributed by atoms with Crippen molar-refractivity contribution in [2.75, 3.05) is 5.88 Å². The minimum absolute atomic E-state index is 0.361. The van der Waals surface area contributed by atoms with Crippen molar-refractivity contribution in [3.63, 3.8) is 0 Å². The van der Waals surface area contributed by atoms with E-state index in [1.54, 1.807) is 0 Å². The van der Waals surface area contributed by atoms with Crippen LogP contribution in [0.1, 0.15) is 58.3 Å². The van der Waals surface area contributed by atoms with Gasteiger partial charge >= 0.3 is 0 Å². The van der Waals surface area contributed by atoms with Crippen LogP contribution in [-0.2, 0) is 0 Å². The van der Waals surface area contributed by atoms with Crippen molar-refractivity contribution < 1.29 is 0 Å². The number of alkyl halides is 3. The molecule has 0 saturated heterocycles. The highest BCUT2D eigenvalue weighted by Crippen LogP contribution is 2.27. The van der Waals surface area contributed by atoms with E-state index in [1.165, 1.54) is 61.6 Å². The van der Waals surface area contributed by atoms with E-state index in [2.05, 4.69) is 29.5 Å². The molecule has 0 amide bonds. The Morgan fingerprint density at radius 1 is 1.06 bits per heavy atom. The Labute approximate surface area is 128 Å². The zero-order valence-electron chi connectivity index (χ0n) is 10.6. The molecule has 0 aliphatic carbocycles. The van der Waals surface area contributed by atoms with Gasteiger partial charge in [-0.3, -0.25) is 0 Å². The van der Waals surface area contributed by atoms with Crippen LogP contribution in [0.4, 0.5) is 0 Å². The molecule has 0 aromatic heterocycles. The number of hydrogen-bond donors (Lipinski definition) is 0. The van der Waals surface area contributed by atoms with Gasteiger partial charge in [-0.25, -0.2) is 0 Å². The predicted molar refractivity (Wildman–Crippen MR) is 89.7 cm³/mol. The quantitative estimate of drug-likeness (QED) is 0.222. The third kappa shape index (κ3) is 10.7. The van der Waals surface area contributed by atoms with Crippen LogP contribution in [0.25, 0.3) is 0 Å². The van der Waals surface area contributed by atoms with Crippen LogP contribution in [0, 0.1) is 0 Å². The molecule has 0 aromatic rings. The van der Waals surface area contributed by atoms with Gasteiger partial charge in [-0.2, -0.15) is 0 Å². The average molecular weight is 395 g/mol. The molecule has 98 valence electrons. The van der Waals surface area contributed by atoms with E-state index in [1.807, 2.05) is 0 Å². The minimum Gasteiger partial charge on any atom is -0.127 e. The number of unbranched alkanes of at least 4 members (excludes halogenated alkanes) is 6. The molecule has 0 rings (SSSR count). The highest BCUT2D eigenvalue weighted by molar-refractivity contribution is 14.1. The molecule has 0 bridgehead atoms. The van der Waals surface area contributed by atoms with Gasteiger partial charge in [0, 0.05) is 24.5 Å². The van der Waals surface area contributed by atoms with Crippen LogP contribution in [0.2, 0.25) is 0 Å². The second-order valence-electron chi connectivity index (χ2n) is 4.98. The third-order valence-corrected chi connectivity index (χ3v) is 6.05. The SMILES string of the molecule is CC([SiH3])(I)C(Cl)CCCCCCCCCCl. The first-order valence-electron chi connectivity index (χ1n) is 6.37. The van der Waals surface area contributed by atoms with Crippen LogP contribution in [0.5, 0.6) is 0 Å². The van der Waals surface area contributed by atoms with Gasteiger partial charge in [0.25, 0.3) is 0 Å². The third-order valence-electron chi connectivity index (χ3n) is 2.84. The lowest BCUT2D eigenvalue weighted by atomic mass is 10.1. The predicted octanol–water partition coefficient (Wildman–Crippen LogP) is 4.47. The second kappa shape index (κ2) is 10.4. The Bertz CT molecular complexity index is 160. The van der Waals surface area contributed by atoms with Crippen molar-refractivity contribution >= 4 is 56.0 Å². The summed E-state index contributed by atoms with van der Waals surface area (Å²) in [6, 6.07) is 0. The van der Waals surface area contributed by atoms with Crippen LogP contribution < -0.4 is 0 Å². The van der Waals surface area contributed by atoms with Gasteiger partial charge < -0.3 is 0 Å². The summed E-state index contributed by atoms with van der Waals surface area (Å²) >= 11 is 14.5. The standard InChI is InChI=1S/C12H25Cl2ISi/c1-12(15,16)11(14)9-7-5-3-2-4-6-8-10-13/h11H,2-10H2,1,16H3. The van der Waals surface area contributed by atoms with Crippen molar-refractivity contribution in [3.05, 3.63) is 0 Å². The molecule has 0 aliphatic heterocycles.